The van der Waals surface area contributed by atoms with Crippen LogP contribution in [0.4, 0.5) is 0 Å². The normalized spacial score (nSPS) is 14.9. The number of aliphatic hydroxyl groups is 1. The third kappa shape index (κ3) is 5.90. The Kier molecular flexibility index (Phi) is 5.91. The van der Waals surface area contributed by atoms with Crippen molar-refractivity contribution in [1.82, 2.24) is 0 Å². The zero-order valence-corrected chi connectivity index (χ0v) is 7.42. The lowest BCUT2D eigenvalue weighted by Gasteiger charge is -2.02. The minimum absolute atomic E-state index is 0.159. The first-order chi connectivity index (χ1) is 5.20. The second kappa shape index (κ2) is 6.21. The summed E-state index contributed by atoms with van der Waals surface area (Å²) in [7, 11) is 1.66. The number of ether oxygens (including phenoxy) is 1. The average molecular weight is 156 g/mol. The Balaban J connectivity index is 3.54. The fraction of sp³-hybridized carbons (Fsp3) is 0.778. The van der Waals surface area contributed by atoms with E-state index in [1.165, 1.54) is 0 Å². The molecule has 1 N–H and O–H groups in total. The molecule has 0 aromatic carbocycles. The Morgan fingerprint density at radius 2 is 2.18 bits per heavy atom. The van der Waals surface area contributed by atoms with E-state index in [-0.39, 0.29) is 6.10 Å². The summed E-state index contributed by atoms with van der Waals surface area (Å²) in [6.45, 7) is 3.85. The molecule has 0 radical (unpaired) electrons. The third-order valence-corrected chi connectivity index (χ3v) is 1.45. The van der Waals surface area contributed by atoms with Crippen LogP contribution >= 0.6 is 0 Å². The van der Waals surface area contributed by atoms with Gasteiger partial charge in [-0.25, -0.2) is 0 Å². The van der Waals surface area contributed by atoms with Crippen molar-refractivity contribution in [3.05, 3.63) is 0 Å². The van der Waals surface area contributed by atoms with Gasteiger partial charge in [0.05, 0.1) is 6.10 Å². The van der Waals surface area contributed by atoms with Crippen LogP contribution in [0.25, 0.3) is 0 Å². The monoisotopic (exact) mass is 156 g/mol. The summed E-state index contributed by atoms with van der Waals surface area (Å²) in [4.78, 5) is 0. The molecule has 0 amide bonds. The fourth-order valence-corrected chi connectivity index (χ4v) is 0.506. The molecule has 0 heterocycles. The van der Waals surface area contributed by atoms with Crippen molar-refractivity contribution in [1.29, 1.82) is 0 Å². The molecule has 0 aromatic heterocycles. The van der Waals surface area contributed by atoms with Crippen molar-refractivity contribution >= 4 is 0 Å². The summed E-state index contributed by atoms with van der Waals surface area (Å²) in [6, 6.07) is 0. The summed E-state index contributed by atoms with van der Waals surface area (Å²) in [5.74, 6) is 5.58. The van der Waals surface area contributed by atoms with Crippen molar-refractivity contribution in [2.75, 3.05) is 7.11 Å². The van der Waals surface area contributed by atoms with E-state index in [1.807, 2.05) is 13.8 Å². The van der Waals surface area contributed by atoms with E-state index < -0.39 is 6.10 Å². The van der Waals surface area contributed by atoms with Crippen LogP contribution in [0, 0.1) is 11.8 Å². The van der Waals surface area contributed by atoms with Gasteiger partial charge in [-0.2, -0.15) is 0 Å². The highest BCUT2D eigenvalue weighted by molar-refractivity contribution is 5.04. The Morgan fingerprint density at radius 3 is 2.64 bits per heavy atom. The largest absolute Gasteiger partial charge is 0.381 e. The summed E-state index contributed by atoms with van der Waals surface area (Å²) >= 11 is 0. The quantitative estimate of drug-likeness (QED) is 0.622. The molecule has 11 heavy (non-hydrogen) atoms. The molecule has 0 spiro atoms. The lowest BCUT2D eigenvalue weighted by molar-refractivity contribution is 0.122. The molecule has 2 heteroatoms. The van der Waals surface area contributed by atoms with Gasteiger partial charge in [0.1, 0.15) is 6.10 Å². The van der Waals surface area contributed by atoms with E-state index >= 15 is 0 Å². The predicted octanol–water partition coefficient (Wildman–Crippen LogP) is 1.19. The van der Waals surface area contributed by atoms with Gasteiger partial charge >= 0.3 is 0 Å². The highest BCUT2D eigenvalue weighted by Gasteiger charge is 1.95. The lowest BCUT2D eigenvalue weighted by atomic mass is 10.2. The Morgan fingerprint density at radius 1 is 1.55 bits per heavy atom. The Bertz CT molecular complexity index is 143. The smallest absolute Gasteiger partial charge is 0.114 e. The molecule has 0 aliphatic carbocycles. The van der Waals surface area contributed by atoms with Gasteiger partial charge in [0, 0.05) is 13.5 Å². The molecular weight excluding hydrogens is 140 g/mol. The second-order valence-electron chi connectivity index (χ2n) is 2.50. The minimum Gasteiger partial charge on any atom is -0.381 e. The Hall–Kier alpha value is -0.520. The van der Waals surface area contributed by atoms with E-state index in [0.717, 1.165) is 0 Å². The van der Waals surface area contributed by atoms with E-state index in [2.05, 4.69) is 11.8 Å². The Labute approximate surface area is 68.6 Å². The van der Waals surface area contributed by atoms with Gasteiger partial charge in [0.15, 0.2) is 0 Å². The van der Waals surface area contributed by atoms with Gasteiger partial charge in [0.25, 0.3) is 0 Å². The summed E-state index contributed by atoms with van der Waals surface area (Å²) in [5.41, 5.74) is 0. The number of aliphatic hydroxyl groups excluding tert-OH is 1. The van der Waals surface area contributed by atoms with Gasteiger partial charge in [-0.1, -0.05) is 18.8 Å². The molecular formula is C9H16O2. The maximum absolute atomic E-state index is 9.03. The molecule has 64 valence electrons. The molecule has 0 bridgehead atoms. The van der Waals surface area contributed by atoms with Crippen LogP contribution in [0.1, 0.15) is 26.7 Å². The van der Waals surface area contributed by atoms with Gasteiger partial charge in [0.2, 0.25) is 0 Å². The lowest BCUT2D eigenvalue weighted by Crippen LogP contribution is -2.04. The molecule has 2 nitrogen and oxygen atoms in total. The molecule has 0 rings (SSSR count). The predicted molar refractivity (Wildman–Crippen MR) is 45.2 cm³/mol. The summed E-state index contributed by atoms with van der Waals surface area (Å²) in [5, 5.41) is 9.03. The van der Waals surface area contributed by atoms with E-state index in [0.29, 0.717) is 12.8 Å². The third-order valence-electron chi connectivity index (χ3n) is 1.45. The van der Waals surface area contributed by atoms with Crippen LogP contribution in [-0.4, -0.2) is 24.4 Å². The number of methoxy groups -OCH3 is 1. The first-order valence-corrected chi connectivity index (χ1v) is 3.90. The van der Waals surface area contributed by atoms with Crippen LogP contribution in [0.15, 0.2) is 0 Å². The van der Waals surface area contributed by atoms with Crippen LogP contribution in [-0.2, 0) is 4.74 Å². The van der Waals surface area contributed by atoms with Crippen LogP contribution in [0.5, 0.6) is 0 Å². The van der Waals surface area contributed by atoms with Gasteiger partial charge in [-0.05, 0) is 13.3 Å². The average Bonchev–Trinajstić information content (AvgIpc) is 2.04. The van der Waals surface area contributed by atoms with Crippen molar-refractivity contribution < 1.29 is 9.84 Å². The maximum Gasteiger partial charge on any atom is 0.114 e. The van der Waals surface area contributed by atoms with Gasteiger partial charge in [-0.15, -0.1) is 0 Å². The molecule has 0 saturated heterocycles. The molecule has 0 saturated carbocycles. The number of hydrogen-bond donors (Lipinski definition) is 1. The van der Waals surface area contributed by atoms with E-state index in [4.69, 9.17) is 9.84 Å². The van der Waals surface area contributed by atoms with Crippen LogP contribution in [0.2, 0.25) is 0 Å². The summed E-state index contributed by atoms with van der Waals surface area (Å²) in [6.07, 6.45) is 1.06. The van der Waals surface area contributed by atoms with E-state index in [9.17, 15) is 0 Å². The first-order valence-electron chi connectivity index (χ1n) is 3.90. The van der Waals surface area contributed by atoms with Gasteiger partial charge < -0.3 is 9.84 Å². The van der Waals surface area contributed by atoms with Crippen molar-refractivity contribution in [3.63, 3.8) is 0 Å². The highest BCUT2D eigenvalue weighted by Crippen LogP contribution is 1.93. The van der Waals surface area contributed by atoms with Crippen molar-refractivity contribution in [2.45, 2.75) is 38.9 Å². The zero-order chi connectivity index (χ0) is 8.69. The topological polar surface area (TPSA) is 29.5 Å². The number of rotatable bonds is 3. The maximum atomic E-state index is 9.03. The molecule has 0 aromatic rings. The van der Waals surface area contributed by atoms with E-state index in [1.54, 1.807) is 7.11 Å². The minimum atomic E-state index is -0.473. The first kappa shape index (κ1) is 10.5. The van der Waals surface area contributed by atoms with Crippen LogP contribution < -0.4 is 0 Å². The molecule has 0 aliphatic heterocycles. The second-order valence-corrected chi connectivity index (χ2v) is 2.50. The molecule has 0 fully saturated rings. The molecule has 2 atom stereocenters. The fourth-order valence-electron chi connectivity index (χ4n) is 0.506. The standard InChI is InChI=1S/C9H16O2/c1-4-9(10)7-5-6-8(2)11-3/h8-10H,4,6H2,1-3H3. The highest BCUT2D eigenvalue weighted by atomic mass is 16.5. The van der Waals surface area contributed by atoms with Gasteiger partial charge in [-0.3, -0.25) is 0 Å². The molecule has 0 aliphatic rings. The number of hydrogen-bond acceptors (Lipinski definition) is 2. The summed E-state index contributed by atoms with van der Waals surface area (Å²) < 4.78 is 4.98. The van der Waals surface area contributed by atoms with Crippen LogP contribution in [0.3, 0.4) is 0 Å². The zero-order valence-electron chi connectivity index (χ0n) is 7.42. The van der Waals surface area contributed by atoms with Crippen molar-refractivity contribution in [3.8, 4) is 11.8 Å². The van der Waals surface area contributed by atoms with Crippen molar-refractivity contribution in [2.24, 2.45) is 0 Å². The SMILES string of the molecule is CCC(O)C#CCC(C)OC. The molecule has 2 unspecified atom stereocenters.